The molecule has 1 amide bonds. The molecule has 1 aromatic heterocycles. The number of imidazole rings is 1. The molecule has 22 heavy (non-hydrogen) atoms. The van der Waals surface area contributed by atoms with Crippen molar-refractivity contribution in [2.24, 2.45) is 0 Å². The van der Waals surface area contributed by atoms with Crippen LogP contribution in [0.3, 0.4) is 0 Å². The highest BCUT2D eigenvalue weighted by Crippen LogP contribution is 2.08. The van der Waals surface area contributed by atoms with E-state index in [2.05, 4.69) is 19.8 Å². The van der Waals surface area contributed by atoms with E-state index >= 15 is 0 Å². The lowest BCUT2D eigenvalue weighted by Crippen LogP contribution is -2.27. The van der Waals surface area contributed by atoms with Gasteiger partial charge in [0.25, 0.3) is 5.91 Å². The summed E-state index contributed by atoms with van der Waals surface area (Å²) in [7, 11) is 4.06. The third kappa shape index (κ3) is 4.70. The molecule has 2 aromatic rings. The molecule has 5 nitrogen and oxygen atoms in total. The molecule has 1 aromatic carbocycles. The van der Waals surface area contributed by atoms with Gasteiger partial charge in [-0.05, 0) is 51.7 Å². The zero-order valence-electron chi connectivity index (χ0n) is 13.5. The van der Waals surface area contributed by atoms with E-state index in [1.54, 1.807) is 6.20 Å². The molecule has 0 aliphatic carbocycles. The molecule has 2 rings (SSSR count). The first-order valence-electron chi connectivity index (χ1n) is 7.56. The van der Waals surface area contributed by atoms with Crippen molar-refractivity contribution in [2.45, 2.75) is 19.9 Å². The molecular formula is C17H24N4O. The predicted octanol–water partition coefficient (Wildman–Crippen LogP) is 1.92. The first-order valence-corrected chi connectivity index (χ1v) is 7.56. The average Bonchev–Trinajstić information content (AvgIpc) is 2.89. The van der Waals surface area contributed by atoms with E-state index in [4.69, 9.17) is 0 Å². The van der Waals surface area contributed by atoms with Crippen LogP contribution in [-0.4, -0.2) is 47.5 Å². The molecule has 0 aliphatic rings. The second kappa shape index (κ2) is 7.75. The largest absolute Gasteiger partial charge is 0.352 e. The topological polar surface area (TPSA) is 50.2 Å². The fourth-order valence-corrected chi connectivity index (χ4v) is 2.23. The highest BCUT2D eigenvalue weighted by atomic mass is 16.1. The van der Waals surface area contributed by atoms with Crippen LogP contribution < -0.4 is 5.32 Å². The van der Waals surface area contributed by atoms with Crippen molar-refractivity contribution in [3.05, 3.63) is 53.6 Å². The summed E-state index contributed by atoms with van der Waals surface area (Å²) in [6.07, 6.45) is 4.71. The monoisotopic (exact) mass is 300 g/mol. The van der Waals surface area contributed by atoms with Crippen LogP contribution >= 0.6 is 0 Å². The number of rotatable bonds is 7. The number of aryl methyl sites for hydroxylation is 1. The lowest BCUT2D eigenvalue weighted by molar-refractivity contribution is 0.0952. The Kier molecular flexibility index (Phi) is 5.72. The Bertz CT molecular complexity index is 601. The van der Waals surface area contributed by atoms with Crippen LogP contribution in [-0.2, 0) is 6.54 Å². The van der Waals surface area contributed by atoms with Gasteiger partial charge in [0.1, 0.15) is 5.82 Å². The Hall–Kier alpha value is -2.14. The van der Waals surface area contributed by atoms with Crippen LogP contribution in [0.2, 0.25) is 0 Å². The highest BCUT2D eigenvalue weighted by Gasteiger charge is 2.05. The molecule has 0 unspecified atom stereocenters. The van der Waals surface area contributed by atoms with E-state index in [0.717, 1.165) is 30.9 Å². The van der Waals surface area contributed by atoms with Crippen molar-refractivity contribution in [1.29, 1.82) is 0 Å². The minimum Gasteiger partial charge on any atom is -0.352 e. The smallest absolute Gasteiger partial charge is 0.251 e. The van der Waals surface area contributed by atoms with E-state index in [1.165, 1.54) is 0 Å². The molecule has 0 saturated heterocycles. The lowest BCUT2D eigenvalue weighted by atomic mass is 10.1. The molecule has 0 aliphatic heterocycles. The molecule has 0 fully saturated rings. The van der Waals surface area contributed by atoms with Crippen molar-refractivity contribution in [3.63, 3.8) is 0 Å². The minimum atomic E-state index is -0.0101. The van der Waals surface area contributed by atoms with E-state index in [0.29, 0.717) is 12.1 Å². The third-order valence-electron chi connectivity index (χ3n) is 3.56. The molecule has 118 valence electrons. The summed E-state index contributed by atoms with van der Waals surface area (Å²) in [5, 5.41) is 2.95. The summed E-state index contributed by atoms with van der Waals surface area (Å²) in [6.45, 7) is 4.43. The van der Waals surface area contributed by atoms with Gasteiger partial charge in [0, 0.05) is 31.0 Å². The van der Waals surface area contributed by atoms with Crippen LogP contribution in [0.25, 0.3) is 0 Å². The molecule has 0 radical (unpaired) electrons. The maximum Gasteiger partial charge on any atom is 0.251 e. The second-order valence-corrected chi connectivity index (χ2v) is 5.71. The van der Waals surface area contributed by atoms with Crippen molar-refractivity contribution >= 4 is 5.91 Å². The fourth-order valence-electron chi connectivity index (χ4n) is 2.23. The second-order valence-electron chi connectivity index (χ2n) is 5.71. The Balaban J connectivity index is 1.86. The van der Waals surface area contributed by atoms with Gasteiger partial charge < -0.3 is 14.8 Å². The Morgan fingerprint density at radius 2 is 2.00 bits per heavy atom. The minimum absolute atomic E-state index is 0.0101. The molecule has 0 atom stereocenters. The van der Waals surface area contributed by atoms with Gasteiger partial charge in [-0.15, -0.1) is 0 Å². The molecule has 0 spiro atoms. The van der Waals surface area contributed by atoms with Crippen LogP contribution in [0.15, 0.2) is 36.7 Å². The zero-order valence-corrected chi connectivity index (χ0v) is 13.5. The van der Waals surface area contributed by atoms with E-state index in [-0.39, 0.29) is 5.91 Å². The number of nitrogens with zero attached hydrogens (tertiary/aromatic N) is 3. The van der Waals surface area contributed by atoms with Crippen molar-refractivity contribution in [3.8, 4) is 0 Å². The number of hydrogen-bond acceptors (Lipinski definition) is 3. The molecule has 1 N–H and O–H groups in total. The van der Waals surface area contributed by atoms with Gasteiger partial charge in [-0.25, -0.2) is 4.98 Å². The maximum absolute atomic E-state index is 12.0. The van der Waals surface area contributed by atoms with Gasteiger partial charge in [-0.1, -0.05) is 12.1 Å². The summed E-state index contributed by atoms with van der Waals surface area (Å²) in [6, 6.07) is 7.74. The number of aromatic nitrogens is 2. The summed E-state index contributed by atoms with van der Waals surface area (Å²) < 4.78 is 2.08. The van der Waals surface area contributed by atoms with E-state index in [9.17, 15) is 4.79 Å². The van der Waals surface area contributed by atoms with E-state index < -0.39 is 0 Å². The fraction of sp³-hybridized carbons (Fsp3) is 0.412. The molecule has 5 heteroatoms. The van der Waals surface area contributed by atoms with Crippen LogP contribution in [0, 0.1) is 6.92 Å². The van der Waals surface area contributed by atoms with Crippen molar-refractivity contribution in [2.75, 3.05) is 27.2 Å². The predicted molar refractivity (Wildman–Crippen MR) is 88.0 cm³/mol. The van der Waals surface area contributed by atoms with Gasteiger partial charge in [-0.3, -0.25) is 4.79 Å². The Morgan fingerprint density at radius 1 is 1.27 bits per heavy atom. The number of nitrogens with one attached hydrogen (secondary N) is 1. The maximum atomic E-state index is 12.0. The first-order chi connectivity index (χ1) is 10.6. The van der Waals surface area contributed by atoms with Crippen LogP contribution in [0.1, 0.15) is 28.2 Å². The average molecular weight is 300 g/mol. The normalized spacial score (nSPS) is 10.9. The summed E-state index contributed by atoms with van der Waals surface area (Å²) >= 11 is 0. The summed E-state index contributed by atoms with van der Waals surface area (Å²) in [4.78, 5) is 18.4. The van der Waals surface area contributed by atoms with Gasteiger partial charge >= 0.3 is 0 Å². The van der Waals surface area contributed by atoms with Gasteiger partial charge in [-0.2, -0.15) is 0 Å². The Labute approximate surface area is 132 Å². The molecule has 1 heterocycles. The number of carbonyl (C=O) groups excluding carboxylic acids is 1. The highest BCUT2D eigenvalue weighted by molar-refractivity contribution is 5.94. The van der Waals surface area contributed by atoms with Crippen LogP contribution in [0.5, 0.6) is 0 Å². The zero-order chi connectivity index (χ0) is 15.9. The number of hydrogen-bond donors (Lipinski definition) is 1. The standard InChI is InChI=1S/C17H24N4O/c1-14-18-10-12-21(14)13-15-5-7-16(8-6-15)17(22)19-9-4-11-20(2)3/h5-8,10,12H,4,9,11,13H2,1-3H3,(H,19,22). The SMILES string of the molecule is Cc1nccn1Cc1ccc(C(=O)NCCCN(C)C)cc1. The summed E-state index contributed by atoms with van der Waals surface area (Å²) in [5.74, 6) is 0.979. The van der Waals surface area contributed by atoms with Crippen molar-refractivity contribution in [1.82, 2.24) is 19.8 Å². The third-order valence-corrected chi connectivity index (χ3v) is 3.56. The number of carbonyl (C=O) groups is 1. The molecule has 0 saturated carbocycles. The van der Waals surface area contributed by atoms with Gasteiger partial charge in [0.05, 0.1) is 0 Å². The Morgan fingerprint density at radius 3 is 2.59 bits per heavy atom. The molecular weight excluding hydrogens is 276 g/mol. The summed E-state index contributed by atoms with van der Waals surface area (Å²) in [5.41, 5.74) is 1.86. The lowest BCUT2D eigenvalue weighted by Gasteiger charge is -2.10. The molecule has 0 bridgehead atoms. The van der Waals surface area contributed by atoms with E-state index in [1.807, 2.05) is 51.5 Å². The number of amides is 1. The number of benzene rings is 1. The van der Waals surface area contributed by atoms with Crippen LogP contribution in [0.4, 0.5) is 0 Å². The van der Waals surface area contributed by atoms with Gasteiger partial charge in [0.15, 0.2) is 0 Å². The first kappa shape index (κ1) is 16.2. The quantitative estimate of drug-likeness (QED) is 0.795. The van der Waals surface area contributed by atoms with Crippen molar-refractivity contribution < 1.29 is 4.79 Å². The van der Waals surface area contributed by atoms with Gasteiger partial charge in [0.2, 0.25) is 0 Å².